The number of nitrogens with one attached hydrogen (secondary N) is 2. The van der Waals surface area contributed by atoms with Crippen LogP contribution in [0.25, 0.3) is 0 Å². The molecule has 35 heavy (non-hydrogen) atoms. The lowest BCUT2D eigenvalue weighted by Gasteiger charge is -2.16. The molecule has 0 aliphatic carbocycles. The lowest BCUT2D eigenvalue weighted by atomic mass is 10.0. The summed E-state index contributed by atoms with van der Waals surface area (Å²) >= 11 is 0. The summed E-state index contributed by atoms with van der Waals surface area (Å²) in [5.74, 6) is -5.28. The summed E-state index contributed by atoms with van der Waals surface area (Å²) in [5.41, 5.74) is 0. The second kappa shape index (κ2) is 18.0. The van der Waals surface area contributed by atoms with E-state index in [2.05, 4.69) is 10.6 Å². The molecule has 0 spiro atoms. The van der Waals surface area contributed by atoms with Crippen LogP contribution < -0.4 is 10.6 Å². The number of hydrogen-bond donors (Lipinski definition) is 5. The predicted octanol–water partition coefficient (Wildman–Crippen LogP) is 2.15. The van der Waals surface area contributed by atoms with Crippen molar-refractivity contribution in [3.63, 3.8) is 0 Å². The quantitative estimate of drug-likeness (QED) is 0.173. The van der Waals surface area contributed by atoms with Crippen LogP contribution >= 0.6 is 0 Å². The Morgan fingerprint density at radius 1 is 0.600 bits per heavy atom. The van der Waals surface area contributed by atoms with Crippen molar-refractivity contribution >= 4 is 29.7 Å². The summed E-state index contributed by atoms with van der Waals surface area (Å²) < 4.78 is 0. The van der Waals surface area contributed by atoms with Gasteiger partial charge in [-0.2, -0.15) is 0 Å². The highest BCUT2D eigenvalue weighted by atomic mass is 16.4. The van der Waals surface area contributed by atoms with Crippen LogP contribution in [0.2, 0.25) is 0 Å². The van der Waals surface area contributed by atoms with Crippen LogP contribution in [0.3, 0.4) is 0 Å². The molecule has 0 radical (unpaired) electrons. The van der Waals surface area contributed by atoms with Crippen LogP contribution in [-0.4, -0.2) is 57.1 Å². The first-order valence-electron chi connectivity index (χ1n) is 10.5. The molecule has 5 N–H and O–H groups in total. The molecule has 0 aliphatic rings. The zero-order valence-corrected chi connectivity index (χ0v) is 19.4. The summed E-state index contributed by atoms with van der Waals surface area (Å²) in [6, 6.07) is -2.44. The Bertz CT molecular complexity index is 953. The maximum atomic E-state index is 11.7. The van der Waals surface area contributed by atoms with Gasteiger partial charge in [0, 0.05) is 12.2 Å². The number of carboxylic acid groups (broad SMARTS) is 3. The molecule has 0 aromatic heterocycles. The lowest BCUT2D eigenvalue weighted by molar-refractivity contribution is -0.146. The van der Waals surface area contributed by atoms with Gasteiger partial charge in [-0.15, -0.1) is 0 Å². The van der Waals surface area contributed by atoms with Crippen molar-refractivity contribution in [3.05, 3.63) is 85.1 Å². The van der Waals surface area contributed by atoms with E-state index < -0.39 is 48.2 Å². The fourth-order valence-corrected chi connectivity index (χ4v) is 2.24. The molecule has 0 fully saturated rings. The summed E-state index contributed by atoms with van der Waals surface area (Å²) in [5, 5.41) is 31.0. The van der Waals surface area contributed by atoms with Gasteiger partial charge in [-0.3, -0.25) is 14.4 Å². The molecule has 0 aromatic rings. The number of amides is 2. The van der Waals surface area contributed by atoms with Gasteiger partial charge in [0.2, 0.25) is 11.8 Å². The number of carbonyl (C=O) groups is 5. The second-order valence-corrected chi connectivity index (χ2v) is 7.21. The fraction of sp³-hybridized carbons (Fsp3) is 0.240. The minimum absolute atomic E-state index is 0.229. The standard InChI is InChI=1S/C25H30N2O8/c1-18(2)23(25(34)35)27-21(29)16-14-12-10-8-6-4-3-5-7-9-11-13-15-20(28)26-19(24(32)33)17-22(30)31/h3-16,18-19,23H,17H2,1-2H3,(H,26,28)(H,27,29)(H,30,31)(H,32,33)(H,34,35)/b4-3+,7-5+,8-6+,11-9+,12-10+,15-13+,16-14+/t19-,23-/m0/s1. The van der Waals surface area contributed by atoms with E-state index in [1.165, 1.54) is 24.3 Å². The van der Waals surface area contributed by atoms with Gasteiger partial charge in [0.1, 0.15) is 12.1 Å². The minimum Gasteiger partial charge on any atom is -0.481 e. The number of aliphatic carboxylic acids is 3. The predicted molar refractivity (Wildman–Crippen MR) is 130 cm³/mol. The van der Waals surface area contributed by atoms with Crippen molar-refractivity contribution in [2.24, 2.45) is 5.92 Å². The molecule has 10 nitrogen and oxygen atoms in total. The third-order valence-corrected chi connectivity index (χ3v) is 3.94. The average Bonchev–Trinajstić information content (AvgIpc) is 2.76. The molecule has 2 atom stereocenters. The Morgan fingerprint density at radius 3 is 1.29 bits per heavy atom. The summed E-state index contributed by atoms with van der Waals surface area (Å²) in [6.45, 7) is 3.41. The number of carboxylic acids is 3. The van der Waals surface area contributed by atoms with E-state index in [4.69, 9.17) is 15.3 Å². The van der Waals surface area contributed by atoms with Crippen LogP contribution in [0, 0.1) is 5.92 Å². The van der Waals surface area contributed by atoms with Gasteiger partial charge in [-0.25, -0.2) is 9.59 Å². The molecule has 0 rings (SSSR count). The highest BCUT2D eigenvalue weighted by Gasteiger charge is 2.22. The van der Waals surface area contributed by atoms with Gasteiger partial charge in [0.25, 0.3) is 0 Å². The molecule has 0 unspecified atom stereocenters. The van der Waals surface area contributed by atoms with E-state index in [0.29, 0.717) is 0 Å². The topological polar surface area (TPSA) is 170 Å². The molecule has 0 aliphatic heterocycles. The van der Waals surface area contributed by atoms with Crippen molar-refractivity contribution in [1.82, 2.24) is 10.6 Å². The maximum absolute atomic E-state index is 11.7. The van der Waals surface area contributed by atoms with Gasteiger partial charge < -0.3 is 26.0 Å². The zero-order valence-electron chi connectivity index (χ0n) is 19.4. The Labute approximate surface area is 203 Å². The molecule has 2 amide bonds. The first-order chi connectivity index (χ1) is 16.5. The number of carbonyl (C=O) groups excluding carboxylic acids is 2. The van der Waals surface area contributed by atoms with E-state index in [1.807, 2.05) is 0 Å². The van der Waals surface area contributed by atoms with E-state index in [-0.39, 0.29) is 5.92 Å². The SMILES string of the molecule is CC(C)[C@H](NC(=O)/C=C/C=C/C=C/C=C/C=C/C=C/C=C/C(=O)N[C@@H](CC(=O)O)C(=O)O)C(=O)O. The smallest absolute Gasteiger partial charge is 0.326 e. The Morgan fingerprint density at radius 2 is 0.971 bits per heavy atom. The van der Waals surface area contributed by atoms with Crippen LogP contribution in [0.4, 0.5) is 0 Å². The zero-order chi connectivity index (χ0) is 26.6. The fourth-order valence-electron chi connectivity index (χ4n) is 2.24. The van der Waals surface area contributed by atoms with Crippen LogP contribution in [0.15, 0.2) is 85.1 Å². The Balaban J connectivity index is 4.34. The molecule has 0 bridgehead atoms. The van der Waals surface area contributed by atoms with Gasteiger partial charge >= 0.3 is 17.9 Å². The summed E-state index contributed by atoms with van der Waals surface area (Å²) in [7, 11) is 0. The molecular formula is C25H30N2O8. The van der Waals surface area contributed by atoms with Crippen molar-refractivity contribution in [2.75, 3.05) is 0 Å². The monoisotopic (exact) mass is 486 g/mol. The highest BCUT2D eigenvalue weighted by Crippen LogP contribution is 2.01. The maximum Gasteiger partial charge on any atom is 0.326 e. The van der Waals surface area contributed by atoms with E-state index >= 15 is 0 Å². The molecule has 0 aromatic carbocycles. The molecule has 188 valence electrons. The molecule has 10 heteroatoms. The molecule has 0 saturated heterocycles. The number of allylic oxidation sites excluding steroid dienone is 12. The number of rotatable bonds is 15. The van der Waals surface area contributed by atoms with E-state index in [0.717, 1.165) is 6.08 Å². The first-order valence-corrected chi connectivity index (χ1v) is 10.5. The largest absolute Gasteiger partial charge is 0.481 e. The van der Waals surface area contributed by atoms with Crippen molar-refractivity contribution in [2.45, 2.75) is 32.4 Å². The van der Waals surface area contributed by atoms with Crippen molar-refractivity contribution < 1.29 is 39.3 Å². The van der Waals surface area contributed by atoms with Crippen molar-refractivity contribution in [3.8, 4) is 0 Å². The highest BCUT2D eigenvalue weighted by molar-refractivity contribution is 5.92. The van der Waals surface area contributed by atoms with Crippen LogP contribution in [-0.2, 0) is 24.0 Å². The third kappa shape index (κ3) is 16.8. The second-order valence-electron chi connectivity index (χ2n) is 7.21. The first kappa shape index (κ1) is 30.5. The summed E-state index contributed by atoms with van der Waals surface area (Å²) in [6.07, 6.45) is 21.4. The Kier molecular flexibility index (Phi) is 15.7. The Hall–Kier alpha value is -4.47. The van der Waals surface area contributed by atoms with Gasteiger partial charge in [0.05, 0.1) is 6.42 Å². The normalized spacial score (nSPS) is 14.3. The molecular weight excluding hydrogens is 456 g/mol. The molecule has 0 saturated carbocycles. The van der Waals surface area contributed by atoms with E-state index in [1.54, 1.807) is 68.5 Å². The van der Waals surface area contributed by atoms with Gasteiger partial charge in [-0.1, -0.05) is 86.8 Å². The van der Waals surface area contributed by atoms with Gasteiger partial charge in [-0.05, 0) is 5.92 Å². The summed E-state index contributed by atoms with van der Waals surface area (Å²) in [4.78, 5) is 55.8. The van der Waals surface area contributed by atoms with Crippen LogP contribution in [0.1, 0.15) is 20.3 Å². The average molecular weight is 487 g/mol. The minimum atomic E-state index is -1.50. The number of hydrogen-bond acceptors (Lipinski definition) is 5. The van der Waals surface area contributed by atoms with Gasteiger partial charge in [0.15, 0.2) is 0 Å². The van der Waals surface area contributed by atoms with Crippen LogP contribution in [0.5, 0.6) is 0 Å². The third-order valence-electron chi connectivity index (χ3n) is 3.94. The molecule has 0 heterocycles. The van der Waals surface area contributed by atoms with E-state index in [9.17, 15) is 24.0 Å². The van der Waals surface area contributed by atoms with Crippen molar-refractivity contribution in [1.29, 1.82) is 0 Å². The lowest BCUT2D eigenvalue weighted by Crippen LogP contribution is -2.43.